The molecule has 0 atom stereocenters. The summed E-state index contributed by atoms with van der Waals surface area (Å²) < 4.78 is 2.64. The first kappa shape index (κ1) is 20.5. The Morgan fingerprint density at radius 2 is 1.94 bits per heavy atom. The number of rotatable bonds is 5. The van der Waals surface area contributed by atoms with Crippen LogP contribution >= 0.6 is 22.7 Å². The molecule has 0 fully saturated rings. The van der Waals surface area contributed by atoms with E-state index in [-0.39, 0.29) is 24.4 Å². The largest absolute Gasteiger partial charge is 0.326 e. The minimum Gasteiger partial charge on any atom is -0.326 e. The van der Waals surface area contributed by atoms with Crippen LogP contribution in [0, 0.1) is 13.8 Å². The van der Waals surface area contributed by atoms with Crippen molar-refractivity contribution in [3.8, 4) is 10.6 Å². The molecular weight excluding hydrogens is 440 g/mol. The maximum atomic E-state index is 12.8. The van der Waals surface area contributed by atoms with E-state index in [1.165, 1.54) is 22.2 Å². The van der Waals surface area contributed by atoms with Gasteiger partial charge in [-0.15, -0.1) is 22.7 Å². The molecule has 3 aromatic heterocycles. The quantitative estimate of drug-likeness (QED) is 0.382. The van der Waals surface area contributed by atoms with Gasteiger partial charge in [0.25, 0.3) is 5.56 Å². The lowest BCUT2D eigenvalue weighted by Crippen LogP contribution is -2.23. The van der Waals surface area contributed by atoms with Gasteiger partial charge in [0.2, 0.25) is 5.91 Å². The monoisotopic (exact) mass is 460 g/mol. The van der Waals surface area contributed by atoms with Gasteiger partial charge in [-0.2, -0.15) is 0 Å². The molecule has 1 amide bonds. The average molecular weight is 461 g/mol. The zero-order chi connectivity index (χ0) is 22.2. The van der Waals surface area contributed by atoms with Crippen LogP contribution in [-0.2, 0) is 11.3 Å². The summed E-state index contributed by atoms with van der Waals surface area (Å²) in [6.07, 6.45) is 1.71. The minimum atomic E-state index is -0.156. The molecule has 0 aliphatic rings. The fourth-order valence-electron chi connectivity index (χ4n) is 3.60. The van der Waals surface area contributed by atoms with Crippen molar-refractivity contribution in [2.45, 2.75) is 26.8 Å². The van der Waals surface area contributed by atoms with E-state index >= 15 is 0 Å². The maximum Gasteiger partial charge on any atom is 0.262 e. The van der Waals surface area contributed by atoms with Gasteiger partial charge in [0.15, 0.2) is 0 Å². The number of benzene rings is 2. The van der Waals surface area contributed by atoms with Crippen molar-refractivity contribution in [2.24, 2.45) is 0 Å². The zero-order valence-corrected chi connectivity index (χ0v) is 19.2. The molecule has 160 valence electrons. The number of nitrogens with zero attached hydrogens (tertiary/aromatic N) is 3. The first-order valence-electron chi connectivity index (χ1n) is 10.2. The number of aryl methyl sites for hydroxylation is 3. The summed E-state index contributed by atoms with van der Waals surface area (Å²) in [6.45, 7) is 4.20. The van der Waals surface area contributed by atoms with Crippen molar-refractivity contribution < 1.29 is 4.79 Å². The van der Waals surface area contributed by atoms with E-state index in [1.807, 2.05) is 56.3 Å². The number of para-hydroxylation sites is 1. The van der Waals surface area contributed by atoms with Crippen LogP contribution in [0.15, 0.2) is 59.7 Å². The predicted octanol–water partition coefficient (Wildman–Crippen LogP) is 5.38. The molecule has 0 saturated carbocycles. The van der Waals surface area contributed by atoms with Gasteiger partial charge >= 0.3 is 0 Å². The highest BCUT2D eigenvalue weighted by Gasteiger charge is 2.13. The molecule has 0 radical (unpaired) electrons. The molecule has 8 heteroatoms. The number of nitrogens with one attached hydrogen (secondary N) is 1. The van der Waals surface area contributed by atoms with Crippen LogP contribution in [0.5, 0.6) is 0 Å². The van der Waals surface area contributed by atoms with Gasteiger partial charge in [0, 0.05) is 29.1 Å². The van der Waals surface area contributed by atoms with E-state index in [2.05, 4.69) is 21.4 Å². The smallest absolute Gasteiger partial charge is 0.262 e. The van der Waals surface area contributed by atoms with Crippen molar-refractivity contribution in [3.63, 3.8) is 0 Å². The lowest BCUT2D eigenvalue weighted by atomic mass is 10.2. The molecule has 5 aromatic rings. The second-order valence-electron chi connectivity index (χ2n) is 7.57. The highest BCUT2D eigenvalue weighted by Crippen LogP contribution is 2.31. The van der Waals surface area contributed by atoms with Gasteiger partial charge in [-0.3, -0.25) is 14.2 Å². The molecule has 0 unspecified atom stereocenters. The Kier molecular flexibility index (Phi) is 5.32. The SMILES string of the molecule is Cc1sc2ncn(CCC(=O)Nc3cccc(-c4nc5ccccc5s4)c3)c(=O)c2c1C. The van der Waals surface area contributed by atoms with Crippen LogP contribution in [0.1, 0.15) is 16.9 Å². The first-order chi connectivity index (χ1) is 15.5. The Morgan fingerprint density at radius 1 is 1.09 bits per heavy atom. The van der Waals surface area contributed by atoms with Crippen molar-refractivity contribution in [3.05, 3.63) is 75.7 Å². The number of hydrogen-bond acceptors (Lipinski definition) is 6. The van der Waals surface area contributed by atoms with E-state index in [0.717, 1.165) is 36.1 Å². The molecule has 0 saturated heterocycles. The fourth-order valence-corrected chi connectivity index (χ4v) is 5.55. The van der Waals surface area contributed by atoms with E-state index in [9.17, 15) is 9.59 Å². The summed E-state index contributed by atoms with van der Waals surface area (Å²) in [5.41, 5.74) is 3.50. The number of aromatic nitrogens is 3. The molecule has 0 aliphatic carbocycles. The highest BCUT2D eigenvalue weighted by molar-refractivity contribution is 7.21. The number of hydrogen-bond donors (Lipinski definition) is 1. The second kappa shape index (κ2) is 8.29. The molecule has 0 bridgehead atoms. The van der Waals surface area contributed by atoms with E-state index in [0.29, 0.717) is 11.1 Å². The summed E-state index contributed by atoms with van der Waals surface area (Å²) in [7, 11) is 0. The zero-order valence-electron chi connectivity index (χ0n) is 17.6. The van der Waals surface area contributed by atoms with Crippen molar-refractivity contribution in [2.75, 3.05) is 5.32 Å². The lowest BCUT2D eigenvalue weighted by molar-refractivity contribution is -0.116. The average Bonchev–Trinajstić information content (AvgIpc) is 3.35. The third-order valence-corrected chi connectivity index (χ3v) is 7.62. The summed E-state index contributed by atoms with van der Waals surface area (Å²) in [5, 5.41) is 4.50. The van der Waals surface area contributed by atoms with Crippen LogP contribution in [-0.4, -0.2) is 20.4 Å². The maximum absolute atomic E-state index is 12.8. The number of anilines is 1. The summed E-state index contributed by atoms with van der Waals surface area (Å²) >= 11 is 3.14. The summed E-state index contributed by atoms with van der Waals surface area (Å²) in [5.74, 6) is -0.156. The Bertz CT molecular complexity index is 1500. The van der Waals surface area contributed by atoms with Gasteiger partial charge in [0.1, 0.15) is 9.84 Å². The predicted molar refractivity (Wildman–Crippen MR) is 132 cm³/mol. The van der Waals surface area contributed by atoms with Gasteiger partial charge in [-0.25, -0.2) is 9.97 Å². The minimum absolute atomic E-state index is 0.0949. The lowest BCUT2D eigenvalue weighted by Gasteiger charge is -2.08. The van der Waals surface area contributed by atoms with Gasteiger partial charge in [-0.1, -0.05) is 24.3 Å². The van der Waals surface area contributed by atoms with Gasteiger partial charge in [-0.05, 0) is 43.7 Å². The number of carbonyl (C=O) groups is 1. The van der Waals surface area contributed by atoms with Crippen LogP contribution in [0.2, 0.25) is 0 Å². The van der Waals surface area contributed by atoms with E-state index in [1.54, 1.807) is 11.3 Å². The summed E-state index contributed by atoms with van der Waals surface area (Å²) in [6, 6.07) is 15.7. The molecule has 32 heavy (non-hydrogen) atoms. The van der Waals surface area contributed by atoms with E-state index < -0.39 is 0 Å². The van der Waals surface area contributed by atoms with Crippen molar-refractivity contribution in [1.82, 2.24) is 14.5 Å². The Balaban J connectivity index is 1.30. The normalized spacial score (nSPS) is 11.3. The first-order valence-corrected chi connectivity index (χ1v) is 11.8. The topological polar surface area (TPSA) is 76.9 Å². The highest BCUT2D eigenvalue weighted by atomic mass is 32.1. The third kappa shape index (κ3) is 3.83. The van der Waals surface area contributed by atoms with Gasteiger partial charge in [0.05, 0.1) is 21.9 Å². The van der Waals surface area contributed by atoms with E-state index in [4.69, 9.17) is 0 Å². The van der Waals surface area contributed by atoms with Crippen molar-refractivity contribution in [1.29, 1.82) is 0 Å². The Hall–Kier alpha value is -3.36. The molecule has 0 spiro atoms. The molecule has 6 nitrogen and oxygen atoms in total. The fraction of sp³-hybridized carbons (Fsp3) is 0.167. The molecule has 3 heterocycles. The molecule has 1 N–H and O–H groups in total. The molecule has 0 aliphatic heterocycles. The number of fused-ring (bicyclic) bond motifs is 2. The molecular formula is C24H20N4O2S2. The standard InChI is InChI=1S/C24H20N4O2S2/c1-14-15(2)31-23-21(14)24(30)28(13-25-23)11-10-20(29)26-17-7-5-6-16(12-17)22-27-18-8-3-4-9-19(18)32-22/h3-9,12-13H,10-11H2,1-2H3,(H,26,29). The van der Waals surface area contributed by atoms with Crippen LogP contribution < -0.4 is 10.9 Å². The van der Waals surface area contributed by atoms with Crippen LogP contribution in [0.25, 0.3) is 31.0 Å². The Morgan fingerprint density at radius 3 is 2.78 bits per heavy atom. The summed E-state index contributed by atoms with van der Waals surface area (Å²) in [4.78, 5) is 36.3. The molecule has 5 rings (SSSR count). The number of carbonyl (C=O) groups excluding carboxylic acids is 1. The van der Waals surface area contributed by atoms with Gasteiger partial charge < -0.3 is 5.32 Å². The van der Waals surface area contributed by atoms with Crippen LogP contribution in [0.4, 0.5) is 5.69 Å². The Labute approximate surface area is 192 Å². The third-order valence-electron chi connectivity index (χ3n) is 5.42. The van der Waals surface area contributed by atoms with Crippen LogP contribution in [0.3, 0.4) is 0 Å². The van der Waals surface area contributed by atoms with Crippen molar-refractivity contribution >= 4 is 54.7 Å². The number of amides is 1. The second-order valence-corrected chi connectivity index (χ2v) is 9.81. The molecule has 2 aromatic carbocycles. The number of thiazole rings is 1. The number of thiophene rings is 1.